The number of anilines is 2. The van der Waals surface area contributed by atoms with E-state index in [0.29, 0.717) is 11.4 Å². The van der Waals surface area contributed by atoms with E-state index >= 15 is 0 Å². The predicted molar refractivity (Wildman–Crippen MR) is 89.1 cm³/mol. The first kappa shape index (κ1) is 14.9. The molecule has 0 bridgehead atoms. The van der Waals surface area contributed by atoms with Crippen LogP contribution < -0.4 is 11.1 Å². The maximum atomic E-state index is 11.9. The van der Waals surface area contributed by atoms with Crippen LogP contribution >= 0.6 is 27.7 Å². The van der Waals surface area contributed by atoms with Crippen LogP contribution in [0.3, 0.4) is 0 Å². The zero-order valence-electron chi connectivity index (χ0n) is 11.0. The summed E-state index contributed by atoms with van der Waals surface area (Å²) in [6.45, 7) is 2.04. The minimum atomic E-state index is -0.0407. The molecule has 3 N–H and O–H groups in total. The van der Waals surface area contributed by atoms with Gasteiger partial charge in [0.1, 0.15) is 0 Å². The van der Waals surface area contributed by atoms with Gasteiger partial charge >= 0.3 is 0 Å². The minimum Gasteiger partial charge on any atom is -0.399 e. The molecule has 5 heteroatoms. The van der Waals surface area contributed by atoms with E-state index in [1.807, 2.05) is 31.2 Å². The number of benzene rings is 2. The van der Waals surface area contributed by atoms with Crippen molar-refractivity contribution in [2.45, 2.75) is 11.8 Å². The van der Waals surface area contributed by atoms with Gasteiger partial charge in [0, 0.05) is 15.1 Å². The Morgan fingerprint density at radius 2 is 1.95 bits per heavy atom. The lowest BCUT2D eigenvalue weighted by Crippen LogP contribution is -2.14. The Labute approximate surface area is 131 Å². The fourth-order valence-corrected chi connectivity index (χ4v) is 2.80. The third kappa shape index (κ3) is 4.28. The van der Waals surface area contributed by atoms with Crippen LogP contribution in [0.5, 0.6) is 0 Å². The number of carbonyl (C=O) groups excluding carboxylic acids is 1. The Morgan fingerprint density at radius 1 is 1.25 bits per heavy atom. The lowest BCUT2D eigenvalue weighted by atomic mass is 10.2. The molecule has 2 aromatic carbocycles. The van der Waals surface area contributed by atoms with Gasteiger partial charge in [0.25, 0.3) is 0 Å². The second kappa shape index (κ2) is 6.81. The van der Waals surface area contributed by atoms with Crippen LogP contribution in [-0.4, -0.2) is 11.7 Å². The minimum absolute atomic E-state index is 0.0407. The molecular formula is C15H15BrN2OS. The number of amides is 1. The van der Waals surface area contributed by atoms with Gasteiger partial charge in [-0.25, -0.2) is 0 Å². The van der Waals surface area contributed by atoms with Gasteiger partial charge in [-0.05, 0) is 53.2 Å². The molecule has 2 rings (SSSR count). The summed E-state index contributed by atoms with van der Waals surface area (Å²) < 4.78 is 0.784. The van der Waals surface area contributed by atoms with E-state index in [1.165, 1.54) is 17.3 Å². The number of aryl methyl sites for hydroxylation is 1. The third-order valence-corrected chi connectivity index (χ3v) is 4.33. The SMILES string of the molecule is Cc1ccc(SCC(=O)Nc2ccc(N)cc2Br)cc1. The number of nitrogen functional groups attached to an aromatic ring is 1. The van der Waals surface area contributed by atoms with Crippen LogP contribution in [0, 0.1) is 6.92 Å². The molecule has 0 aromatic heterocycles. The van der Waals surface area contributed by atoms with Gasteiger partial charge in [0.05, 0.1) is 11.4 Å². The van der Waals surface area contributed by atoms with E-state index in [9.17, 15) is 4.79 Å². The Morgan fingerprint density at radius 3 is 2.60 bits per heavy atom. The maximum absolute atomic E-state index is 11.9. The zero-order chi connectivity index (χ0) is 14.5. The highest BCUT2D eigenvalue weighted by atomic mass is 79.9. The van der Waals surface area contributed by atoms with Crippen molar-refractivity contribution in [2.24, 2.45) is 0 Å². The average molecular weight is 351 g/mol. The Hall–Kier alpha value is -1.46. The van der Waals surface area contributed by atoms with Gasteiger partial charge in [0.2, 0.25) is 5.91 Å². The molecule has 1 amide bonds. The Kier molecular flexibility index (Phi) is 5.09. The molecular weight excluding hydrogens is 336 g/mol. The number of halogens is 1. The molecule has 0 atom stereocenters. The van der Waals surface area contributed by atoms with Crippen LogP contribution in [0.4, 0.5) is 11.4 Å². The molecule has 0 saturated carbocycles. The molecule has 104 valence electrons. The van der Waals surface area contributed by atoms with E-state index < -0.39 is 0 Å². The van der Waals surface area contributed by atoms with Gasteiger partial charge < -0.3 is 11.1 Å². The molecule has 3 nitrogen and oxygen atoms in total. The highest BCUT2D eigenvalue weighted by Crippen LogP contribution is 2.25. The molecule has 0 unspecified atom stereocenters. The first-order valence-corrected chi connectivity index (χ1v) is 7.87. The smallest absolute Gasteiger partial charge is 0.234 e. The summed E-state index contributed by atoms with van der Waals surface area (Å²) in [5.41, 5.74) is 8.26. The number of hydrogen-bond donors (Lipinski definition) is 2. The summed E-state index contributed by atoms with van der Waals surface area (Å²) in [5.74, 6) is 0.334. The van der Waals surface area contributed by atoms with Crippen molar-refractivity contribution >= 4 is 45.0 Å². The number of rotatable bonds is 4. The summed E-state index contributed by atoms with van der Waals surface area (Å²) in [6, 6.07) is 13.4. The second-order valence-electron chi connectivity index (χ2n) is 4.39. The predicted octanol–water partition coefficient (Wildman–Crippen LogP) is 4.07. The molecule has 20 heavy (non-hydrogen) atoms. The quantitative estimate of drug-likeness (QED) is 0.645. The molecule has 0 aliphatic heterocycles. The number of nitrogens with one attached hydrogen (secondary N) is 1. The summed E-state index contributed by atoms with van der Waals surface area (Å²) >= 11 is 4.89. The van der Waals surface area contributed by atoms with E-state index in [1.54, 1.807) is 18.2 Å². The number of thioether (sulfide) groups is 1. The van der Waals surface area contributed by atoms with E-state index in [-0.39, 0.29) is 5.91 Å². The Balaban J connectivity index is 1.90. The molecule has 0 aliphatic rings. The van der Waals surface area contributed by atoms with Crippen molar-refractivity contribution < 1.29 is 4.79 Å². The first-order valence-electron chi connectivity index (χ1n) is 6.09. The molecule has 0 saturated heterocycles. The third-order valence-electron chi connectivity index (χ3n) is 2.66. The van der Waals surface area contributed by atoms with Gasteiger partial charge in [-0.1, -0.05) is 17.7 Å². The molecule has 0 heterocycles. The molecule has 2 aromatic rings. The van der Waals surface area contributed by atoms with Crippen LogP contribution in [0.25, 0.3) is 0 Å². The largest absolute Gasteiger partial charge is 0.399 e. The summed E-state index contributed by atoms with van der Waals surface area (Å²) in [7, 11) is 0. The fraction of sp³-hybridized carbons (Fsp3) is 0.133. The first-order chi connectivity index (χ1) is 9.54. The van der Waals surface area contributed by atoms with Gasteiger partial charge in [-0.3, -0.25) is 4.79 Å². The van der Waals surface area contributed by atoms with Crippen molar-refractivity contribution in [2.75, 3.05) is 16.8 Å². The van der Waals surface area contributed by atoms with E-state index in [4.69, 9.17) is 5.73 Å². The lowest BCUT2D eigenvalue weighted by molar-refractivity contribution is -0.113. The van der Waals surface area contributed by atoms with E-state index in [2.05, 4.69) is 21.2 Å². The van der Waals surface area contributed by atoms with Crippen LogP contribution in [0.2, 0.25) is 0 Å². The number of nitrogens with two attached hydrogens (primary N) is 1. The maximum Gasteiger partial charge on any atom is 0.234 e. The zero-order valence-corrected chi connectivity index (χ0v) is 13.4. The normalized spacial score (nSPS) is 10.3. The highest BCUT2D eigenvalue weighted by Gasteiger charge is 2.06. The van der Waals surface area contributed by atoms with Gasteiger partial charge in [-0.15, -0.1) is 11.8 Å². The lowest BCUT2D eigenvalue weighted by Gasteiger charge is -2.08. The van der Waals surface area contributed by atoms with E-state index in [0.717, 1.165) is 15.1 Å². The molecule has 0 fully saturated rings. The standard InChI is InChI=1S/C15H15BrN2OS/c1-10-2-5-12(6-3-10)20-9-15(19)18-14-7-4-11(17)8-13(14)16/h2-8H,9,17H2,1H3,(H,18,19). The highest BCUT2D eigenvalue weighted by molar-refractivity contribution is 9.10. The van der Waals surface area contributed by atoms with Gasteiger partial charge in [0.15, 0.2) is 0 Å². The number of hydrogen-bond acceptors (Lipinski definition) is 3. The van der Waals surface area contributed by atoms with Crippen LogP contribution in [0.15, 0.2) is 51.8 Å². The number of carbonyl (C=O) groups is 1. The molecule has 0 radical (unpaired) electrons. The van der Waals surface area contributed by atoms with Crippen LogP contribution in [0.1, 0.15) is 5.56 Å². The average Bonchev–Trinajstić information content (AvgIpc) is 2.41. The van der Waals surface area contributed by atoms with Crippen LogP contribution in [-0.2, 0) is 4.79 Å². The topological polar surface area (TPSA) is 55.1 Å². The van der Waals surface area contributed by atoms with Gasteiger partial charge in [-0.2, -0.15) is 0 Å². The van der Waals surface area contributed by atoms with Crippen molar-refractivity contribution in [3.63, 3.8) is 0 Å². The summed E-state index contributed by atoms with van der Waals surface area (Å²) in [5, 5.41) is 2.86. The second-order valence-corrected chi connectivity index (χ2v) is 6.29. The fourth-order valence-electron chi connectivity index (χ4n) is 1.60. The molecule has 0 spiro atoms. The Bertz CT molecular complexity index is 614. The molecule has 0 aliphatic carbocycles. The summed E-state index contributed by atoms with van der Waals surface area (Å²) in [6.07, 6.45) is 0. The van der Waals surface area contributed by atoms with Crippen molar-refractivity contribution in [3.05, 3.63) is 52.5 Å². The summed E-state index contributed by atoms with van der Waals surface area (Å²) in [4.78, 5) is 13.0. The monoisotopic (exact) mass is 350 g/mol. The van der Waals surface area contributed by atoms with Crippen molar-refractivity contribution in [1.82, 2.24) is 0 Å². The van der Waals surface area contributed by atoms with Crippen molar-refractivity contribution in [3.8, 4) is 0 Å². The van der Waals surface area contributed by atoms with Crippen molar-refractivity contribution in [1.29, 1.82) is 0 Å².